The Morgan fingerprint density at radius 2 is 2.30 bits per heavy atom. The minimum Gasteiger partial charge on any atom is -0.311 e. The lowest BCUT2D eigenvalue weighted by molar-refractivity contribution is 0.508. The summed E-state index contributed by atoms with van der Waals surface area (Å²) in [7, 11) is 0. The molecule has 2 aromatic rings. The second kappa shape index (κ2) is 6.00. The number of aromatic nitrogens is 4. The highest BCUT2D eigenvalue weighted by Crippen LogP contribution is 2.08. The van der Waals surface area contributed by atoms with Crippen molar-refractivity contribution in [2.24, 2.45) is 0 Å². The largest absolute Gasteiger partial charge is 0.345 e. The van der Waals surface area contributed by atoms with Crippen LogP contribution in [0.15, 0.2) is 29.3 Å². The lowest BCUT2D eigenvalue weighted by Crippen LogP contribution is -2.30. The smallest absolute Gasteiger partial charge is 0.311 e. The Kier molecular flexibility index (Phi) is 3.92. The van der Waals surface area contributed by atoms with Gasteiger partial charge in [-0.25, -0.2) is 9.48 Å². The predicted molar refractivity (Wildman–Crippen MR) is 75.4 cm³/mol. The topological polar surface area (TPSA) is 64.7 Å². The fraction of sp³-hybridized carbons (Fsp3) is 0.500. The van der Waals surface area contributed by atoms with Crippen LogP contribution in [-0.4, -0.2) is 25.9 Å². The standard InChI is InChI=1S/C14H19N5O/c20-14-18-8-2-1-5-13(18)17-19(14)9-7-16-11-12-4-3-6-15-10-12/h3-4,6,10,16H,1-2,5,7-9,11H2. The third-order valence-electron chi connectivity index (χ3n) is 3.58. The zero-order chi connectivity index (χ0) is 13.8. The highest BCUT2D eigenvalue weighted by molar-refractivity contribution is 5.07. The van der Waals surface area contributed by atoms with Crippen LogP contribution in [-0.2, 0) is 26.1 Å². The van der Waals surface area contributed by atoms with Gasteiger partial charge in [-0.1, -0.05) is 6.07 Å². The fourth-order valence-electron chi connectivity index (χ4n) is 2.51. The molecule has 1 aliphatic rings. The molecule has 3 rings (SSSR count). The summed E-state index contributed by atoms with van der Waals surface area (Å²) in [5.41, 5.74) is 1.17. The van der Waals surface area contributed by atoms with Crippen LogP contribution in [0.2, 0.25) is 0 Å². The molecule has 0 saturated carbocycles. The Balaban J connectivity index is 1.54. The Labute approximate surface area is 117 Å². The maximum absolute atomic E-state index is 12.1. The number of hydrogen-bond donors (Lipinski definition) is 1. The summed E-state index contributed by atoms with van der Waals surface area (Å²) in [4.78, 5) is 16.2. The number of hydrogen-bond acceptors (Lipinski definition) is 4. The second-order valence-electron chi connectivity index (χ2n) is 5.07. The van der Waals surface area contributed by atoms with Gasteiger partial charge in [-0.2, -0.15) is 5.10 Å². The molecule has 20 heavy (non-hydrogen) atoms. The highest BCUT2D eigenvalue weighted by Gasteiger charge is 2.15. The molecule has 6 heteroatoms. The quantitative estimate of drug-likeness (QED) is 0.809. The van der Waals surface area contributed by atoms with Crippen molar-refractivity contribution in [2.45, 2.75) is 38.9 Å². The van der Waals surface area contributed by atoms with Crippen LogP contribution >= 0.6 is 0 Å². The van der Waals surface area contributed by atoms with E-state index in [9.17, 15) is 4.79 Å². The Bertz CT molecular complexity index is 616. The predicted octanol–water partition coefficient (Wildman–Crippen LogP) is 0.566. The SMILES string of the molecule is O=c1n(CCNCc2cccnc2)nc2n1CCCC2. The second-order valence-corrected chi connectivity index (χ2v) is 5.07. The molecule has 0 aliphatic carbocycles. The number of fused-ring (bicyclic) bond motifs is 1. The Morgan fingerprint density at radius 1 is 1.35 bits per heavy atom. The third kappa shape index (κ3) is 2.80. The lowest BCUT2D eigenvalue weighted by Gasteiger charge is -2.09. The van der Waals surface area contributed by atoms with Crippen molar-refractivity contribution in [3.05, 3.63) is 46.4 Å². The number of aryl methyl sites for hydroxylation is 1. The molecule has 0 amide bonds. The van der Waals surface area contributed by atoms with Gasteiger partial charge >= 0.3 is 5.69 Å². The van der Waals surface area contributed by atoms with Crippen molar-refractivity contribution in [3.8, 4) is 0 Å². The molecule has 1 aliphatic heterocycles. The number of pyridine rings is 1. The maximum atomic E-state index is 12.1. The van der Waals surface area contributed by atoms with E-state index in [1.807, 2.05) is 22.9 Å². The first-order valence-electron chi connectivity index (χ1n) is 7.11. The molecule has 0 spiro atoms. The van der Waals surface area contributed by atoms with E-state index in [0.717, 1.165) is 50.3 Å². The van der Waals surface area contributed by atoms with E-state index in [4.69, 9.17) is 0 Å². The average molecular weight is 273 g/mol. The molecule has 3 heterocycles. The van der Waals surface area contributed by atoms with Crippen molar-refractivity contribution < 1.29 is 0 Å². The zero-order valence-corrected chi connectivity index (χ0v) is 11.5. The molecule has 6 nitrogen and oxygen atoms in total. The summed E-state index contributed by atoms with van der Waals surface area (Å²) in [5, 5.41) is 7.72. The summed E-state index contributed by atoms with van der Waals surface area (Å²) >= 11 is 0. The monoisotopic (exact) mass is 273 g/mol. The van der Waals surface area contributed by atoms with Gasteiger partial charge in [-0.05, 0) is 24.5 Å². The van der Waals surface area contributed by atoms with Crippen molar-refractivity contribution in [1.82, 2.24) is 24.6 Å². The summed E-state index contributed by atoms with van der Waals surface area (Å²) in [6.07, 6.45) is 6.74. The first kappa shape index (κ1) is 13.1. The summed E-state index contributed by atoms with van der Waals surface area (Å²) in [6, 6.07) is 3.95. The maximum Gasteiger partial charge on any atom is 0.345 e. The van der Waals surface area contributed by atoms with Gasteiger partial charge in [0.1, 0.15) is 5.82 Å². The van der Waals surface area contributed by atoms with E-state index in [-0.39, 0.29) is 5.69 Å². The van der Waals surface area contributed by atoms with Crippen LogP contribution in [0.25, 0.3) is 0 Å². The number of nitrogens with zero attached hydrogens (tertiary/aromatic N) is 4. The van der Waals surface area contributed by atoms with Crippen LogP contribution in [0.3, 0.4) is 0 Å². The van der Waals surface area contributed by atoms with Gasteiger partial charge in [0.15, 0.2) is 0 Å². The third-order valence-corrected chi connectivity index (χ3v) is 3.58. The van der Waals surface area contributed by atoms with E-state index in [2.05, 4.69) is 15.4 Å². The summed E-state index contributed by atoms with van der Waals surface area (Å²) in [6.45, 7) is 2.91. The normalized spacial score (nSPS) is 14.2. The Hall–Kier alpha value is -1.95. The van der Waals surface area contributed by atoms with Gasteiger partial charge in [0.25, 0.3) is 0 Å². The molecule has 2 aromatic heterocycles. The van der Waals surface area contributed by atoms with Gasteiger partial charge in [0.05, 0.1) is 6.54 Å². The minimum absolute atomic E-state index is 0.0304. The fourth-order valence-corrected chi connectivity index (χ4v) is 2.51. The molecule has 0 aromatic carbocycles. The van der Waals surface area contributed by atoms with E-state index in [0.29, 0.717) is 6.54 Å². The van der Waals surface area contributed by atoms with Gasteiger partial charge in [0, 0.05) is 38.4 Å². The van der Waals surface area contributed by atoms with Crippen molar-refractivity contribution in [2.75, 3.05) is 6.54 Å². The van der Waals surface area contributed by atoms with Crippen molar-refractivity contribution in [3.63, 3.8) is 0 Å². The number of nitrogens with one attached hydrogen (secondary N) is 1. The van der Waals surface area contributed by atoms with Crippen LogP contribution in [0.4, 0.5) is 0 Å². The van der Waals surface area contributed by atoms with Crippen LogP contribution in [0, 0.1) is 0 Å². The van der Waals surface area contributed by atoms with E-state index in [1.54, 1.807) is 10.9 Å². The minimum atomic E-state index is 0.0304. The first-order valence-corrected chi connectivity index (χ1v) is 7.11. The van der Waals surface area contributed by atoms with Gasteiger partial charge in [0.2, 0.25) is 0 Å². The van der Waals surface area contributed by atoms with Crippen molar-refractivity contribution in [1.29, 1.82) is 0 Å². The van der Waals surface area contributed by atoms with Crippen LogP contribution in [0.1, 0.15) is 24.2 Å². The average Bonchev–Trinajstić information content (AvgIpc) is 2.82. The molecule has 0 fully saturated rings. The molecular formula is C14H19N5O. The molecule has 0 atom stereocenters. The molecule has 0 bridgehead atoms. The molecule has 0 unspecified atom stereocenters. The lowest BCUT2D eigenvalue weighted by atomic mass is 10.2. The Morgan fingerprint density at radius 3 is 3.10 bits per heavy atom. The first-order chi connectivity index (χ1) is 9.84. The molecule has 0 saturated heterocycles. The molecular weight excluding hydrogens is 254 g/mol. The van der Waals surface area contributed by atoms with E-state index < -0.39 is 0 Å². The molecule has 106 valence electrons. The zero-order valence-electron chi connectivity index (χ0n) is 11.5. The van der Waals surface area contributed by atoms with Crippen LogP contribution < -0.4 is 11.0 Å². The molecule has 0 radical (unpaired) electrons. The summed E-state index contributed by atoms with van der Waals surface area (Å²) < 4.78 is 3.39. The molecule has 1 N–H and O–H groups in total. The van der Waals surface area contributed by atoms with E-state index >= 15 is 0 Å². The van der Waals surface area contributed by atoms with Gasteiger partial charge in [-0.3, -0.25) is 9.55 Å². The van der Waals surface area contributed by atoms with E-state index in [1.165, 1.54) is 0 Å². The van der Waals surface area contributed by atoms with Gasteiger partial charge < -0.3 is 5.32 Å². The van der Waals surface area contributed by atoms with Crippen molar-refractivity contribution >= 4 is 0 Å². The van der Waals surface area contributed by atoms with Gasteiger partial charge in [-0.15, -0.1) is 0 Å². The summed E-state index contributed by atoms with van der Waals surface area (Å²) in [5.74, 6) is 0.938. The highest BCUT2D eigenvalue weighted by atomic mass is 16.2. The van der Waals surface area contributed by atoms with Crippen LogP contribution in [0.5, 0.6) is 0 Å². The number of rotatable bonds is 5.